The highest BCUT2D eigenvalue weighted by atomic mass is 16.5. The number of ether oxygens (including phenoxy) is 1. The van der Waals surface area contributed by atoms with Crippen molar-refractivity contribution in [1.29, 1.82) is 0 Å². The summed E-state index contributed by atoms with van der Waals surface area (Å²) in [6, 6.07) is 1.17. The molecule has 1 aliphatic heterocycles. The van der Waals surface area contributed by atoms with Crippen LogP contribution in [0.15, 0.2) is 0 Å². The number of hydrogen-bond donors (Lipinski definition) is 1. The van der Waals surface area contributed by atoms with Crippen molar-refractivity contribution < 1.29 is 4.74 Å². The molecule has 4 atom stereocenters. The van der Waals surface area contributed by atoms with Crippen molar-refractivity contribution in [3.05, 3.63) is 0 Å². The van der Waals surface area contributed by atoms with Crippen molar-refractivity contribution in [1.82, 2.24) is 4.90 Å². The van der Waals surface area contributed by atoms with E-state index in [1.807, 2.05) is 0 Å². The smallest absolute Gasteiger partial charge is 0.0622 e. The zero-order valence-electron chi connectivity index (χ0n) is 12.1. The van der Waals surface area contributed by atoms with E-state index in [0.717, 1.165) is 38.1 Å². The molecule has 3 nitrogen and oxygen atoms in total. The number of rotatable bonds is 4. The minimum atomic E-state index is 0.585. The van der Waals surface area contributed by atoms with Crippen LogP contribution in [0, 0.1) is 11.8 Å². The molecule has 106 valence electrons. The fourth-order valence-electron chi connectivity index (χ4n) is 3.89. The second-order valence-corrected chi connectivity index (χ2v) is 6.21. The lowest BCUT2D eigenvalue weighted by molar-refractivity contribution is -0.0457. The van der Waals surface area contributed by atoms with E-state index in [4.69, 9.17) is 10.5 Å². The Morgan fingerprint density at radius 1 is 1.39 bits per heavy atom. The molecule has 18 heavy (non-hydrogen) atoms. The summed E-state index contributed by atoms with van der Waals surface area (Å²) in [6.45, 7) is 8.34. The molecule has 0 bridgehead atoms. The fourth-order valence-corrected chi connectivity index (χ4v) is 3.89. The van der Waals surface area contributed by atoms with Crippen molar-refractivity contribution in [2.24, 2.45) is 17.6 Å². The number of hydrogen-bond acceptors (Lipinski definition) is 3. The summed E-state index contributed by atoms with van der Waals surface area (Å²) in [7, 11) is 0. The Hall–Kier alpha value is -0.120. The molecule has 1 heterocycles. The average Bonchev–Trinajstić information content (AvgIpc) is 2.40. The predicted molar refractivity (Wildman–Crippen MR) is 75.6 cm³/mol. The molecule has 0 radical (unpaired) electrons. The van der Waals surface area contributed by atoms with E-state index in [1.165, 1.54) is 32.1 Å². The molecular weight excluding hydrogens is 224 g/mol. The van der Waals surface area contributed by atoms with Gasteiger partial charge in [-0.3, -0.25) is 4.90 Å². The minimum absolute atomic E-state index is 0.585. The Kier molecular flexibility index (Phi) is 5.46. The van der Waals surface area contributed by atoms with E-state index >= 15 is 0 Å². The molecule has 2 N–H and O–H groups in total. The van der Waals surface area contributed by atoms with Gasteiger partial charge in [0, 0.05) is 25.2 Å². The van der Waals surface area contributed by atoms with E-state index in [2.05, 4.69) is 18.7 Å². The molecule has 4 unspecified atom stereocenters. The molecule has 0 spiro atoms. The highest BCUT2D eigenvalue weighted by Crippen LogP contribution is 2.33. The molecule has 2 aliphatic rings. The first-order chi connectivity index (χ1) is 8.76. The topological polar surface area (TPSA) is 38.5 Å². The molecule has 0 aromatic heterocycles. The molecule has 1 saturated heterocycles. The second-order valence-electron chi connectivity index (χ2n) is 6.21. The van der Waals surface area contributed by atoms with Crippen LogP contribution in [0.2, 0.25) is 0 Å². The van der Waals surface area contributed by atoms with Gasteiger partial charge in [0.1, 0.15) is 0 Å². The first-order valence-corrected chi connectivity index (χ1v) is 7.79. The van der Waals surface area contributed by atoms with Gasteiger partial charge in [-0.15, -0.1) is 0 Å². The van der Waals surface area contributed by atoms with Gasteiger partial charge in [0.05, 0.1) is 13.2 Å². The van der Waals surface area contributed by atoms with Crippen molar-refractivity contribution in [3.63, 3.8) is 0 Å². The maximum atomic E-state index is 6.11. The van der Waals surface area contributed by atoms with E-state index in [0.29, 0.717) is 12.1 Å². The quantitative estimate of drug-likeness (QED) is 0.836. The fraction of sp³-hybridized carbons (Fsp3) is 1.00. The lowest BCUT2D eigenvalue weighted by atomic mass is 9.77. The van der Waals surface area contributed by atoms with Crippen molar-refractivity contribution in [2.45, 2.75) is 58.0 Å². The van der Waals surface area contributed by atoms with Crippen LogP contribution in [0.1, 0.15) is 46.0 Å². The average molecular weight is 254 g/mol. The van der Waals surface area contributed by atoms with Gasteiger partial charge < -0.3 is 10.5 Å². The van der Waals surface area contributed by atoms with Crippen LogP contribution in [-0.4, -0.2) is 43.3 Å². The van der Waals surface area contributed by atoms with Crippen LogP contribution in [0.4, 0.5) is 0 Å². The first kappa shape index (κ1) is 14.3. The number of nitrogens with two attached hydrogens (primary N) is 1. The summed E-state index contributed by atoms with van der Waals surface area (Å²) in [4.78, 5) is 2.66. The normalized spacial score (nSPS) is 36.5. The summed E-state index contributed by atoms with van der Waals surface area (Å²) in [5.74, 6) is 1.70. The molecule has 2 rings (SSSR count). The number of nitrogens with zero attached hydrogens (tertiary/aromatic N) is 1. The summed E-state index contributed by atoms with van der Waals surface area (Å²) in [5, 5.41) is 0. The highest BCUT2D eigenvalue weighted by Gasteiger charge is 2.34. The Morgan fingerprint density at radius 3 is 2.89 bits per heavy atom. The molecule has 0 aromatic rings. The van der Waals surface area contributed by atoms with Crippen LogP contribution in [0.25, 0.3) is 0 Å². The zero-order valence-corrected chi connectivity index (χ0v) is 12.1. The van der Waals surface area contributed by atoms with Gasteiger partial charge in [-0.1, -0.05) is 26.7 Å². The largest absolute Gasteiger partial charge is 0.378 e. The lowest BCUT2D eigenvalue weighted by Crippen LogP contribution is -2.56. The van der Waals surface area contributed by atoms with Gasteiger partial charge in [0.25, 0.3) is 0 Å². The van der Waals surface area contributed by atoms with E-state index in [-0.39, 0.29) is 0 Å². The molecule has 0 amide bonds. The Balaban J connectivity index is 2.01. The van der Waals surface area contributed by atoms with Crippen LogP contribution in [0.5, 0.6) is 0 Å². The van der Waals surface area contributed by atoms with E-state index < -0.39 is 0 Å². The zero-order chi connectivity index (χ0) is 13.0. The van der Waals surface area contributed by atoms with Gasteiger partial charge in [0.2, 0.25) is 0 Å². The van der Waals surface area contributed by atoms with Gasteiger partial charge >= 0.3 is 0 Å². The molecule has 1 saturated carbocycles. The van der Waals surface area contributed by atoms with E-state index in [9.17, 15) is 0 Å². The van der Waals surface area contributed by atoms with Crippen molar-refractivity contribution in [2.75, 3.05) is 26.3 Å². The summed E-state index contributed by atoms with van der Waals surface area (Å²) in [6.07, 6.45) is 6.73. The van der Waals surface area contributed by atoms with Crippen molar-refractivity contribution >= 4 is 0 Å². The molecule has 3 heteroatoms. The molecule has 1 aliphatic carbocycles. The van der Waals surface area contributed by atoms with Gasteiger partial charge in [-0.25, -0.2) is 0 Å². The van der Waals surface area contributed by atoms with Crippen molar-refractivity contribution in [3.8, 4) is 0 Å². The highest BCUT2D eigenvalue weighted by molar-refractivity contribution is 4.88. The Bertz CT molecular complexity index is 247. The first-order valence-electron chi connectivity index (χ1n) is 7.79. The summed E-state index contributed by atoms with van der Waals surface area (Å²) in [5.41, 5.74) is 6.11. The molecule has 2 fully saturated rings. The SMILES string of the molecule is CCC1COCCN1C(CN)C1CCCC(C)C1. The summed E-state index contributed by atoms with van der Waals surface area (Å²) >= 11 is 0. The third-order valence-corrected chi connectivity index (χ3v) is 4.93. The second kappa shape index (κ2) is 6.88. The third-order valence-electron chi connectivity index (χ3n) is 4.93. The lowest BCUT2D eigenvalue weighted by Gasteiger charge is -2.45. The predicted octanol–water partition coefficient (Wildman–Crippen LogP) is 2.25. The molecular formula is C15H30N2O. The van der Waals surface area contributed by atoms with Crippen LogP contribution >= 0.6 is 0 Å². The number of morpholine rings is 1. The summed E-state index contributed by atoms with van der Waals surface area (Å²) < 4.78 is 5.62. The third kappa shape index (κ3) is 3.25. The van der Waals surface area contributed by atoms with Gasteiger partial charge in [-0.2, -0.15) is 0 Å². The Morgan fingerprint density at radius 2 is 2.22 bits per heavy atom. The standard InChI is InChI=1S/C15H30N2O/c1-3-14-11-18-8-7-17(14)15(10-16)13-6-4-5-12(2)9-13/h12-15H,3-11,16H2,1-2H3. The van der Waals surface area contributed by atoms with Crippen LogP contribution in [-0.2, 0) is 4.74 Å². The minimum Gasteiger partial charge on any atom is -0.378 e. The maximum absolute atomic E-state index is 6.11. The monoisotopic (exact) mass is 254 g/mol. The van der Waals surface area contributed by atoms with Gasteiger partial charge in [-0.05, 0) is 31.1 Å². The maximum Gasteiger partial charge on any atom is 0.0622 e. The van der Waals surface area contributed by atoms with Crippen LogP contribution in [0.3, 0.4) is 0 Å². The van der Waals surface area contributed by atoms with E-state index in [1.54, 1.807) is 0 Å². The molecule has 0 aromatic carbocycles. The van der Waals surface area contributed by atoms with Crippen LogP contribution < -0.4 is 5.73 Å². The Labute approximate surface area is 112 Å². The van der Waals surface area contributed by atoms with Gasteiger partial charge in [0.15, 0.2) is 0 Å².